The van der Waals surface area contributed by atoms with Crippen molar-refractivity contribution in [3.63, 3.8) is 0 Å². The van der Waals surface area contributed by atoms with Gasteiger partial charge in [-0.1, -0.05) is 39.3 Å². The highest BCUT2D eigenvalue weighted by Crippen LogP contribution is 2.70. The predicted molar refractivity (Wildman–Crippen MR) is 119 cm³/mol. The number of hydrogen-bond donors (Lipinski definition) is 2. The van der Waals surface area contributed by atoms with Crippen molar-refractivity contribution in [1.29, 1.82) is 0 Å². The first-order valence-corrected chi connectivity index (χ1v) is 13.1. The van der Waals surface area contributed by atoms with Gasteiger partial charge >= 0.3 is 0 Å². The van der Waals surface area contributed by atoms with E-state index in [1.165, 1.54) is 24.8 Å². The maximum Gasteiger partial charge on any atom is 0.171 e. The highest BCUT2D eigenvalue weighted by atomic mass is 16.7. The molecule has 4 nitrogen and oxygen atoms in total. The van der Waals surface area contributed by atoms with Crippen molar-refractivity contribution in [3.05, 3.63) is 11.6 Å². The highest BCUT2D eigenvalue weighted by molar-refractivity contribution is 5.28. The molecule has 31 heavy (non-hydrogen) atoms. The van der Waals surface area contributed by atoms with E-state index in [1.807, 2.05) is 0 Å². The first-order valence-electron chi connectivity index (χ1n) is 13.1. The lowest BCUT2D eigenvalue weighted by atomic mass is 9.46. The van der Waals surface area contributed by atoms with Crippen molar-refractivity contribution in [2.24, 2.45) is 46.3 Å². The van der Waals surface area contributed by atoms with E-state index < -0.39 is 6.10 Å². The van der Waals surface area contributed by atoms with Crippen LogP contribution in [0.3, 0.4) is 0 Å². The zero-order valence-corrected chi connectivity index (χ0v) is 19.8. The normalized spacial score (nSPS) is 60.7. The van der Waals surface area contributed by atoms with Gasteiger partial charge in [0, 0.05) is 24.2 Å². The molecule has 4 aliphatic carbocycles. The minimum atomic E-state index is -0.420. The smallest absolute Gasteiger partial charge is 0.171 e. The van der Waals surface area contributed by atoms with Gasteiger partial charge in [-0.05, 0) is 73.5 Å². The summed E-state index contributed by atoms with van der Waals surface area (Å²) >= 11 is 0. The SMILES string of the molecule is C[C@H]1CC[C@]2(OC1)O[C@@H]1C[C@@H]3[C@H]4CC=C5C[C@H](O)C[C@H](O)[C@@]5(C)[C@@H]4CC[C@@]3(C)[C@@H]1[C@H]2C. The topological polar surface area (TPSA) is 58.9 Å². The Balaban J connectivity index is 1.29. The maximum atomic E-state index is 11.1. The molecule has 12 atom stereocenters. The molecule has 0 aromatic heterocycles. The molecule has 0 aromatic carbocycles. The van der Waals surface area contributed by atoms with Crippen LogP contribution >= 0.6 is 0 Å². The van der Waals surface area contributed by atoms with E-state index in [1.54, 1.807) is 0 Å². The molecule has 6 rings (SSSR count). The number of ether oxygens (including phenoxy) is 2. The molecule has 174 valence electrons. The summed E-state index contributed by atoms with van der Waals surface area (Å²) in [7, 11) is 0. The van der Waals surface area contributed by atoms with Crippen LogP contribution in [-0.2, 0) is 9.47 Å². The summed E-state index contributed by atoms with van der Waals surface area (Å²) in [6, 6.07) is 0. The fourth-order valence-corrected chi connectivity index (χ4v) is 9.72. The third-order valence-corrected chi connectivity index (χ3v) is 11.4. The van der Waals surface area contributed by atoms with E-state index in [9.17, 15) is 10.2 Å². The molecule has 3 saturated carbocycles. The Morgan fingerprint density at radius 1 is 1.03 bits per heavy atom. The lowest BCUT2D eigenvalue weighted by molar-refractivity contribution is -0.272. The molecule has 0 radical (unpaired) electrons. The van der Waals surface area contributed by atoms with E-state index in [0.29, 0.717) is 53.4 Å². The molecule has 0 bridgehead atoms. The van der Waals surface area contributed by atoms with Crippen LogP contribution in [0.5, 0.6) is 0 Å². The molecule has 0 amide bonds. The van der Waals surface area contributed by atoms with Crippen LogP contribution < -0.4 is 0 Å². The lowest BCUT2D eigenvalue weighted by Crippen LogP contribution is -2.56. The highest BCUT2D eigenvalue weighted by Gasteiger charge is 2.69. The predicted octanol–water partition coefficient (Wildman–Crippen LogP) is 4.68. The van der Waals surface area contributed by atoms with Gasteiger partial charge in [0.15, 0.2) is 5.79 Å². The lowest BCUT2D eigenvalue weighted by Gasteiger charge is -2.59. The van der Waals surface area contributed by atoms with E-state index in [4.69, 9.17) is 9.47 Å². The van der Waals surface area contributed by atoms with Gasteiger partial charge in [0.05, 0.1) is 24.9 Å². The molecule has 4 heteroatoms. The second-order valence-electron chi connectivity index (χ2n) is 12.8. The molecule has 2 aliphatic heterocycles. The second kappa shape index (κ2) is 6.81. The van der Waals surface area contributed by atoms with Crippen molar-refractivity contribution in [2.45, 2.75) is 103 Å². The van der Waals surface area contributed by atoms with E-state index >= 15 is 0 Å². The van der Waals surface area contributed by atoms with Crippen molar-refractivity contribution < 1.29 is 19.7 Å². The van der Waals surface area contributed by atoms with Crippen LogP contribution in [0.4, 0.5) is 0 Å². The summed E-state index contributed by atoms with van der Waals surface area (Å²) < 4.78 is 13.3. The summed E-state index contributed by atoms with van der Waals surface area (Å²) in [6.45, 7) is 10.4. The molecule has 2 heterocycles. The molecule has 0 unspecified atom stereocenters. The van der Waals surface area contributed by atoms with Gasteiger partial charge < -0.3 is 19.7 Å². The van der Waals surface area contributed by atoms with Crippen LogP contribution in [0.15, 0.2) is 11.6 Å². The van der Waals surface area contributed by atoms with Gasteiger partial charge in [0.1, 0.15) is 0 Å². The summed E-state index contributed by atoms with van der Waals surface area (Å²) in [6.07, 6.45) is 10.2. The monoisotopic (exact) mass is 430 g/mol. The van der Waals surface area contributed by atoms with Gasteiger partial charge in [-0.2, -0.15) is 0 Å². The average Bonchev–Trinajstić information content (AvgIpc) is 3.16. The average molecular weight is 431 g/mol. The van der Waals surface area contributed by atoms with Crippen molar-refractivity contribution in [2.75, 3.05) is 6.61 Å². The van der Waals surface area contributed by atoms with E-state index in [-0.39, 0.29) is 17.3 Å². The van der Waals surface area contributed by atoms with Crippen LogP contribution in [-0.4, -0.2) is 40.9 Å². The van der Waals surface area contributed by atoms with Crippen molar-refractivity contribution in [1.82, 2.24) is 0 Å². The summed E-state index contributed by atoms with van der Waals surface area (Å²) in [4.78, 5) is 0. The Morgan fingerprint density at radius 2 is 1.84 bits per heavy atom. The number of fused-ring (bicyclic) bond motifs is 7. The summed E-state index contributed by atoms with van der Waals surface area (Å²) in [5.74, 6) is 3.17. The van der Waals surface area contributed by atoms with Crippen molar-refractivity contribution >= 4 is 0 Å². The fraction of sp³-hybridized carbons (Fsp3) is 0.926. The Bertz CT molecular complexity index is 769. The summed E-state index contributed by atoms with van der Waals surface area (Å²) in [5.41, 5.74) is 1.48. The molecular weight excluding hydrogens is 388 g/mol. The zero-order valence-electron chi connectivity index (χ0n) is 19.8. The second-order valence-corrected chi connectivity index (χ2v) is 12.8. The number of aliphatic hydroxyl groups is 2. The van der Waals surface area contributed by atoms with Crippen LogP contribution in [0.25, 0.3) is 0 Å². The third-order valence-electron chi connectivity index (χ3n) is 11.4. The number of hydrogen-bond acceptors (Lipinski definition) is 4. The Morgan fingerprint density at radius 3 is 2.58 bits per heavy atom. The van der Waals surface area contributed by atoms with Crippen LogP contribution in [0.1, 0.15) is 79.1 Å². The molecular formula is C27H42O4. The first-order chi connectivity index (χ1) is 14.7. The molecule has 0 aromatic rings. The van der Waals surface area contributed by atoms with Gasteiger partial charge in [-0.15, -0.1) is 0 Å². The Hall–Kier alpha value is -0.420. The van der Waals surface area contributed by atoms with Gasteiger partial charge in [-0.25, -0.2) is 0 Å². The van der Waals surface area contributed by atoms with Gasteiger partial charge in [0.2, 0.25) is 0 Å². The van der Waals surface area contributed by atoms with E-state index in [0.717, 1.165) is 32.3 Å². The number of rotatable bonds is 0. The zero-order chi connectivity index (χ0) is 21.8. The van der Waals surface area contributed by atoms with E-state index in [2.05, 4.69) is 33.8 Å². The van der Waals surface area contributed by atoms with Gasteiger partial charge in [-0.3, -0.25) is 0 Å². The largest absolute Gasteiger partial charge is 0.393 e. The third kappa shape index (κ3) is 2.68. The summed E-state index contributed by atoms with van der Waals surface area (Å²) in [5, 5.41) is 21.4. The fourth-order valence-electron chi connectivity index (χ4n) is 9.72. The minimum Gasteiger partial charge on any atom is -0.393 e. The Labute approximate surface area is 187 Å². The molecule has 5 fully saturated rings. The molecule has 6 aliphatic rings. The number of allylic oxidation sites excluding steroid dienone is 1. The van der Waals surface area contributed by atoms with Crippen LogP contribution in [0.2, 0.25) is 0 Å². The molecule has 1 spiro atoms. The minimum absolute atomic E-state index is 0.155. The van der Waals surface area contributed by atoms with Gasteiger partial charge in [0.25, 0.3) is 0 Å². The molecule has 2 N–H and O–H groups in total. The van der Waals surface area contributed by atoms with Crippen LogP contribution in [0, 0.1) is 46.3 Å². The quantitative estimate of drug-likeness (QED) is 0.548. The maximum absolute atomic E-state index is 11.1. The van der Waals surface area contributed by atoms with Crippen molar-refractivity contribution in [3.8, 4) is 0 Å². The Kier molecular flexibility index (Phi) is 4.64. The standard InChI is InChI=1S/C27H42O4/c1-15-7-10-27(30-14-15)16(2)24-22(31-27)13-21-19-6-5-17-11-18(28)12-23(29)26(17,4)20(19)8-9-25(21,24)3/h5,15-16,18-24,28-29H,6-14H2,1-4H3/t15-,16+,18-,19-,20+,21+,22+,23-,24+,25+,26+,27-/m0/s1. The first kappa shape index (κ1) is 21.1. The number of aliphatic hydroxyl groups excluding tert-OH is 2. The molecule has 2 saturated heterocycles.